The molecule has 0 heterocycles. The summed E-state index contributed by atoms with van der Waals surface area (Å²) >= 11 is 4.99. The van der Waals surface area contributed by atoms with Crippen molar-refractivity contribution in [1.29, 1.82) is 0 Å². The van der Waals surface area contributed by atoms with E-state index < -0.39 is 0 Å². The zero-order chi connectivity index (χ0) is 11.1. The third kappa shape index (κ3) is 5.23. The zero-order valence-electron chi connectivity index (χ0n) is 8.74. The Labute approximate surface area is 103 Å². The molecule has 2 N–H and O–H groups in total. The Bertz CT molecular complexity index is 322. The van der Waals surface area contributed by atoms with Crippen LogP contribution in [-0.4, -0.2) is 11.7 Å². The lowest BCUT2D eigenvalue weighted by atomic mass is 10.2. The van der Waals surface area contributed by atoms with Crippen molar-refractivity contribution in [3.05, 3.63) is 34.3 Å². The lowest BCUT2D eigenvalue weighted by molar-refractivity contribution is 0.934. The van der Waals surface area contributed by atoms with Gasteiger partial charge in [0.25, 0.3) is 0 Å². The normalized spacial score (nSPS) is 11.7. The van der Waals surface area contributed by atoms with Crippen LogP contribution in [0.1, 0.15) is 18.9 Å². The van der Waals surface area contributed by atoms with Crippen molar-refractivity contribution in [2.45, 2.75) is 19.1 Å². The average molecular weight is 287 g/mol. The number of hydrogen-bond donors (Lipinski definition) is 1. The maximum Gasteiger partial charge on any atom is 0.154 e. The summed E-state index contributed by atoms with van der Waals surface area (Å²) in [5.41, 5.74) is 7.00. The first kappa shape index (κ1) is 12.6. The number of aliphatic imine (C=N–C) groups is 1. The summed E-state index contributed by atoms with van der Waals surface area (Å²) in [7, 11) is 0. The monoisotopic (exact) mass is 286 g/mol. The van der Waals surface area contributed by atoms with Gasteiger partial charge >= 0.3 is 0 Å². The van der Waals surface area contributed by atoms with Gasteiger partial charge in [-0.15, -0.1) is 0 Å². The molecule has 4 heteroatoms. The molecular weight excluding hydrogens is 272 g/mol. The highest BCUT2D eigenvalue weighted by atomic mass is 79.9. The fraction of sp³-hybridized carbons (Fsp3) is 0.364. The summed E-state index contributed by atoms with van der Waals surface area (Å²) in [5.74, 6) is 0.881. The van der Waals surface area contributed by atoms with Crippen molar-refractivity contribution in [1.82, 2.24) is 0 Å². The van der Waals surface area contributed by atoms with Crippen LogP contribution >= 0.6 is 27.7 Å². The first-order valence-corrected chi connectivity index (χ1v) is 6.67. The van der Waals surface area contributed by atoms with E-state index >= 15 is 0 Å². The van der Waals surface area contributed by atoms with Gasteiger partial charge in [0.05, 0.1) is 0 Å². The van der Waals surface area contributed by atoms with E-state index in [0.29, 0.717) is 5.17 Å². The van der Waals surface area contributed by atoms with Crippen LogP contribution in [0, 0.1) is 0 Å². The third-order valence-electron chi connectivity index (χ3n) is 1.79. The molecule has 82 valence electrons. The molecule has 0 aliphatic heterocycles. The molecule has 1 aromatic rings. The van der Waals surface area contributed by atoms with Crippen molar-refractivity contribution >= 4 is 32.9 Å². The maximum atomic E-state index is 5.74. The number of halogens is 1. The van der Waals surface area contributed by atoms with Crippen molar-refractivity contribution in [2.75, 3.05) is 6.54 Å². The van der Waals surface area contributed by atoms with Crippen LogP contribution in [0.3, 0.4) is 0 Å². The summed E-state index contributed by atoms with van der Waals surface area (Å²) in [5, 5.41) is 0.680. The highest BCUT2D eigenvalue weighted by molar-refractivity contribution is 9.10. The Kier molecular flexibility index (Phi) is 5.79. The van der Waals surface area contributed by atoms with Gasteiger partial charge in [-0.2, -0.15) is 0 Å². The standard InChI is InChI=1S/C11H15BrN2S/c1-2-7-14-11(13)15-8-9-3-5-10(12)6-4-9/h3-6H,2,7-8H2,1H3,(H2,13,14). The predicted molar refractivity (Wildman–Crippen MR) is 72.2 cm³/mol. The molecule has 15 heavy (non-hydrogen) atoms. The second-order valence-corrected chi connectivity index (χ2v) is 5.05. The number of rotatable bonds is 4. The molecule has 0 saturated carbocycles. The van der Waals surface area contributed by atoms with Gasteiger partial charge in [0, 0.05) is 16.8 Å². The van der Waals surface area contributed by atoms with E-state index in [-0.39, 0.29) is 0 Å². The van der Waals surface area contributed by atoms with Crippen molar-refractivity contribution in [3.63, 3.8) is 0 Å². The largest absolute Gasteiger partial charge is 0.379 e. The topological polar surface area (TPSA) is 38.4 Å². The van der Waals surface area contributed by atoms with Crippen LogP contribution in [0.5, 0.6) is 0 Å². The molecule has 0 unspecified atom stereocenters. The van der Waals surface area contributed by atoms with Gasteiger partial charge in [0.2, 0.25) is 0 Å². The van der Waals surface area contributed by atoms with Crippen LogP contribution in [0.2, 0.25) is 0 Å². The molecule has 0 aromatic heterocycles. The van der Waals surface area contributed by atoms with Crippen molar-refractivity contribution in [2.24, 2.45) is 10.7 Å². The van der Waals surface area contributed by atoms with E-state index in [4.69, 9.17) is 5.73 Å². The van der Waals surface area contributed by atoms with Crippen molar-refractivity contribution < 1.29 is 0 Å². The summed E-state index contributed by atoms with van der Waals surface area (Å²) in [4.78, 5) is 4.22. The summed E-state index contributed by atoms with van der Waals surface area (Å²) in [6, 6.07) is 8.25. The fourth-order valence-electron chi connectivity index (χ4n) is 1.01. The lowest BCUT2D eigenvalue weighted by Gasteiger charge is -2.01. The first-order chi connectivity index (χ1) is 7.22. The Hall–Kier alpha value is -0.480. The van der Waals surface area contributed by atoms with Gasteiger partial charge in [-0.1, -0.05) is 46.7 Å². The Morgan fingerprint density at radius 2 is 2.07 bits per heavy atom. The van der Waals surface area contributed by atoms with Gasteiger partial charge in [-0.05, 0) is 24.1 Å². The minimum absolute atomic E-state index is 0.680. The van der Waals surface area contributed by atoms with E-state index in [0.717, 1.165) is 23.2 Å². The Morgan fingerprint density at radius 3 is 2.67 bits per heavy atom. The molecule has 1 rings (SSSR count). The SMILES string of the molecule is CCCN=C(N)SCc1ccc(Br)cc1. The van der Waals surface area contributed by atoms with E-state index in [1.54, 1.807) is 11.8 Å². The minimum atomic E-state index is 0.680. The van der Waals surface area contributed by atoms with Crippen LogP contribution in [0.25, 0.3) is 0 Å². The van der Waals surface area contributed by atoms with Gasteiger partial charge in [0.15, 0.2) is 5.17 Å². The smallest absolute Gasteiger partial charge is 0.154 e. The van der Waals surface area contributed by atoms with E-state index in [1.165, 1.54) is 5.56 Å². The Balaban J connectivity index is 2.40. The zero-order valence-corrected chi connectivity index (χ0v) is 11.1. The molecule has 0 aliphatic carbocycles. The van der Waals surface area contributed by atoms with E-state index in [1.807, 2.05) is 12.1 Å². The molecule has 1 aromatic carbocycles. The molecule has 2 nitrogen and oxygen atoms in total. The van der Waals surface area contributed by atoms with Gasteiger partial charge in [-0.3, -0.25) is 4.99 Å². The second-order valence-electron chi connectivity index (χ2n) is 3.14. The molecule has 0 atom stereocenters. The van der Waals surface area contributed by atoms with Gasteiger partial charge < -0.3 is 5.73 Å². The highest BCUT2D eigenvalue weighted by Gasteiger charge is 1.96. The molecule has 0 fully saturated rings. The van der Waals surface area contributed by atoms with Gasteiger partial charge in [0.1, 0.15) is 0 Å². The summed E-state index contributed by atoms with van der Waals surface area (Å²) < 4.78 is 1.10. The fourth-order valence-corrected chi connectivity index (χ4v) is 1.96. The third-order valence-corrected chi connectivity index (χ3v) is 3.22. The molecule has 0 radical (unpaired) electrons. The maximum absolute atomic E-state index is 5.74. The van der Waals surface area contributed by atoms with Crippen LogP contribution < -0.4 is 5.73 Å². The highest BCUT2D eigenvalue weighted by Crippen LogP contribution is 2.15. The molecular formula is C11H15BrN2S. The van der Waals surface area contributed by atoms with Crippen LogP contribution in [0.4, 0.5) is 0 Å². The average Bonchev–Trinajstić information content (AvgIpc) is 2.25. The predicted octanol–water partition coefficient (Wildman–Crippen LogP) is 3.41. The quantitative estimate of drug-likeness (QED) is 0.681. The Morgan fingerprint density at radius 1 is 1.40 bits per heavy atom. The summed E-state index contributed by atoms with van der Waals surface area (Å²) in [6.07, 6.45) is 1.04. The number of nitrogens with zero attached hydrogens (tertiary/aromatic N) is 1. The van der Waals surface area contributed by atoms with Crippen LogP contribution in [0.15, 0.2) is 33.7 Å². The number of thioether (sulfide) groups is 1. The number of nitrogens with two attached hydrogens (primary N) is 1. The minimum Gasteiger partial charge on any atom is -0.379 e. The number of benzene rings is 1. The second kappa shape index (κ2) is 6.90. The first-order valence-electron chi connectivity index (χ1n) is 4.89. The molecule has 0 aliphatic rings. The van der Waals surface area contributed by atoms with E-state index in [9.17, 15) is 0 Å². The van der Waals surface area contributed by atoms with Crippen molar-refractivity contribution in [3.8, 4) is 0 Å². The molecule has 0 amide bonds. The van der Waals surface area contributed by atoms with E-state index in [2.05, 4.69) is 40.0 Å². The number of amidine groups is 1. The number of hydrogen-bond acceptors (Lipinski definition) is 2. The lowest BCUT2D eigenvalue weighted by Crippen LogP contribution is -2.07. The summed E-state index contributed by atoms with van der Waals surface area (Å²) in [6.45, 7) is 2.91. The van der Waals surface area contributed by atoms with Gasteiger partial charge in [-0.25, -0.2) is 0 Å². The molecule has 0 saturated heterocycles. The molecule has 0 spiro atoms. The van der Waals surface area contributed by atoms with Crippen LogP contribution in [-0.2, 0) is 5.75 Å². The molecule has 0 bridgehead atoms.